The third-order valence-corrected chi connectivity index (χ3v) is 4.78. The van der Waals surface area contributed by atoms with E-state index in [1.54, 1.807) is 20.0 Å². The van der Waals surface area contributed by atoms with E-state index in [4.69, 9.17) is 0 Å². The van der Waals surface area contributed by atoms with E-state index in [1.165, 1.54) is 0 Å². The molecule has 2 aromatic rings. The lowest BCUT2D eigenvalue weighted by atomic mass is 9.86. The zero-order chi connectivity index (χ0) is 20.4. The number of nitrogens with one attached hydrogen (secondary N) is 2. The first-order valence-electron chi connectivity index (χ1n) is 9.08. The number of halogens is 3. The Morgan fingerprint density at radius 2 is 1.93 bits per heavy atom. The molecule has 1 fully saturated rings. The number of nitrogens with zero attached hydrogens (tertiary/aromatic N) is 4. The predicted molar refractivity (Wildman–Crippen MR) is 96.7 cm³/mol. The lowest BCUT2D eigenvalue weighted by Gasteiger charge is -2.30. The normalized spacial score (nSPS) is 17.9. The van der Waals surface area contributed by atoms with Crippen LogP contribution in [0.5, 0.6) is 0 Å². The Labute approximate surface area is 160 Å². The Kier molecular flexibility index (Phi) is 5.80. The number of hydrogen-bond acceptors (Lipinski definition) is 7. The molecule has 7 nitrogen and oxygen atoms in total. The molecule has 2 aromatic heterocycles. The monoisotopic (exact) mass is 396 g/mol. The van der Waals surface area contributed by atoms with Crippen LogP contribution in [-0.2, 0) is 11.8 Å². The van der Waals surface area contributed by atoms with Crippen LogP contribution in [0.2, 0.25) is 0 Å². The van der Waals surface area contributed by atoms with Gasteiger partial charge in [0.05, 0.1) is 12.2 Å². The Bertz CT molecular complexity index is 821. The fourth-order valence-corrected chi connectivity index (χ4v) is 3.26. The summed E-state index contributed by atoms with van der Waals surface area (Å²) in [5, 5.41) is 17.0. The summed E-state index contributed by atoms with van der Waals surface area (Å²) in [6.07, 6.45) is -0.154. The number of piperidine rings is 1. The highest BCUT2D eigenvalue weighted by atomic mass is 19.4. The van der Waals surface area contributed by atoms with Gasteiger partial charge in [-0.15, -0.1) is 0 Å². The van der Waals surface area contributed by atoms with Crippen molar-refractivity contribution in [2.45, 2.75) is 44.4 Å². The summed E-state index contributed by atoms with van der Waals surface area (Å²) in [6, 6.07) is 0.798. The number of aryl methyl sites for hydroxylation is 1. The number of rotatable bonds is 5. The van der Waals surface area contributed by atoms with E-state index in [2.05, 4.69) is 30.6 Å². The molecule has 1 saturated heterocycles. The van der Waals surface area contributed by atoms with E-state index in [-0.39, 0.29) is 18.4 Å². The maximum absolute atomic E-state index is 12.8. The van der Waals surface area contributed by atoms with Crippen LogP contribution in [0.4, 0.5) is 19.1 Å². The van der Waals surface area contributed by atoms with Crippen molar-refractivity contribution >= 4 is 5.95 Å². The van der Waals surface area contributed by atoms with Crippen molar-refractivity contribution in [2.24, 2.45) is 0 Å². The van der Waals surface area contributed by atoms with Crippen LogP contribution in [0.25, 0.3) is 0 Å². The molecular formula is C18H23F3N6O. The number of alkyl halides is 3. The highest BCUT2D eigenvalue weighted by Gasteiger charge is 2.34. The van der Waals surface area contributed by atoms with E-state index in [0.717, 1.165) is 43.9 Å². The first-order valence-corrected chi connectivity index (χ1v) is 9.08. The molecule has 1 unspecified atom stereocenters. The second-order valence-electron chi connectivity index (χ2n) is 7.13. The topological polar surface area (TPSA) is 95.9 Å². The van der Waals surface area contributed by atoms with E-state index >= 15 is 0 Å². The summed E-state index contributed by atoms with van der Waals surface area (Å²) >= 11 is 0. The molecule has 1 atom stereocenters. The smallest absolute Gasteiger partial charge is 0.383 e. The van der Waals surface area contributed by atoms with Gasteiger partial charge in [-0.1, -0.05) is 0 Å². The third-order valence-electron chi connectivity index (χ3n) is 4.78. The summed E-state index contributed by atoms with van der Waals surface area (Å²) in [5.74, 6) is 0.600. The van der Waals surface area contributed by atoms with Gasteiger partial charge in [0.25, 0.3) is 0 Å². The van der Waals surface area contributed by atoms with Gasteiger partial charge < -0.3 is 15.7 Å². The van der Waals surface area contributed by atoms with E-state index in [1.807, 2.05) is 0 Å². The van der Waals surface area contributed by atoms with Gasteiger partial charge in [-0.3, -0.25) is 0 Å². The zero-order valence-corrected chi connectivity index (χ0v) is 15.7. The minimum absolute atomic E-state index is 0.0846. The van der Waals surface area contributed by atoms with Crippen LogP contribution in [0.1, 0.15) is 48.5 Å². The molecule has 0 bridgehead atoms. The van der Waals surface area contributed by atoms with Crippen molar-refractivity contribution < 1.29 is 18.3 Å². The van der Waals surface area contributed by atoms with Gasteiger partial charge in [-0.25, -0.2) is 19.9 Å². The maximum Gasteiger partial charge on any atom is 0.433 e. The molecule has 0 spiro atoms. The van der Waals surface area contributed by atoms with E-state index < -0.39 is 17.5 Å². The van der Waals surface area contributed by atoms with Gasteiger partial charge >= 0.3 is 6.18 Å². The number of aliphatic hydroxyl groups is 1. The Hall–Kier alpha value is -2.33. The molecule has 3 heterocycles. The number of anilines is 1. The summed E-state index contributed by atoms with van der Waals surface area (Å²) < 4.78 is 38.4. The van der Waals surface area contributed by atoms with Crippen LogP contribution in [-0.4, -0.2) is 44.7 Å². The SMILES string of the molecule is Cc1ncc(C(C)(O)CNc2nccc(C(F)(F)F)n2)c(C2CCNCC2)n1. The molecule has 3 rings (SSSR count). The van der Waals surface area contributed by atoms with Gasteiger partial charge in [-0.05, 0) is 45.8 Å². The standard InChI is InChI=1S/C18H23F3N6O/c1-11-24-9-13(15(26-11)12-3-6-22-7-4-12)17(2,28)10-25-16-23-8-5-14(27-16)18(19,20)21/h5,8-9,12,22,28H,3-4,6-7,10H2,1-2H3,(H,23,25,27). The quantitative estimate of drug-likeness (QED) is 0.714. The summed E-state index contributed by atoms with van der Waals surface area (Å²) in [6.45, 7) is 5.01. The van der Waals surface area contributed by atoms with Crippen LogP contribution < -0.4 is 10.6 Å². The van der Waals surface area contributed by atoms with Crippen molar-refractivity contribution in [1.29, 1.82) is 0 Å². The highest BCUT2D eigenvalue weighted by molar-refractivity contribution is 5.32. The zero-order valence-electron chi connectivity index (χ0n) is 15.7. The molecule has 152 valence electrons. The molecule has 10 heteroatoms. The Morgan fingerprint density at radius 1 is 1.21 bits per heavy atom. The number of aromatic nitrogens is 4. The van der Waals surface area contributed by atoms with E-state index in [0.29, 0.717) is 11.4 Å². The summed E-state index contributed by atoms with van der Waals surface area (Å²) in [4.78, 5) is 16.0. The Morgan fingerprint density at radius 3 is 2.61 bits per heavy atom. The number of hydrogen-bond donors (Lipinski definition) is 3. The van der Waals surface area contributed by atoms with Crippen molar-refractivity contribution in [3.05, 3.63) is 41.2 Å². The maximum atomic E-state index is 12.8. The largest absolute Gasteiger partial charge is 0.433 e. The minimum atomic E-state index is -4.56. The lowest BCUT2D eigenvalue weighted by Crippen LogP contribution is -2.35. The molecule has 3 N–H and O–H groups in total. The first kappa shape index (κ1) is 20.4. The van der Waals surface area contributed by atoms with Crippen LogP contribution >= 0.6 is 0 Å². The van der Waals surface area contributed by atoms with Crippen molar-refractivity contribution in [3.63, 3.8) is 0 Å². The van der Waals surface area contributed by atoms with Crippen molar-refractivity contribution in [3.8, 4) is 0 Å². The van der Waals surface area contributed by atoms with E-state index in [9.17, 15) is 18.3 Å². The lowest BCUT2D eigenvalue weighted by molar-refractivity contribution is -0.141. The molecular weight excluding hydrogens is 373 g/mol. The molecule has 0 saturated carbocycles. The molecule has 1 aliphatic heterocycles. The van der Waals surface area contributed by atoms with Gasteiger partial charge in [-0.2, -0.15) is 13.2 Å². The average Bonchev–Trinajstić information content (AvgIpc) is 2.66. The molecule has 0 aliphatic carbocycles. The predicted octanol–water partition coefficient (Wildman–Crippen LogP) is 2.38. The second kappa shape index (κ2) is 7.96. The van der Waals surface area contributed by atoms with Gasteiger partial charge in [0.15, 0.2) is 0 Å². The fraction of sp³-hybridized carbons (Fsp3) is 0.556. The highest BCUT2D eigenvalue weighted by Crippen LogP contribution is 2.32. The first-order chi connectivity index (χ1) is 13.2. The van der Waals surface area contributed by atoms with Crippen molar-refractivity contribution in [2.75, 3.05) is 25.0 Å². The molecule has 1 aliphatic rings. The van der Waals surface area contributed by atoms with Crippen LogP contribution in [0.15, 0.2) is 18.5 Å². The summed E-state index contributed by atoms with van der Waals surface area (Å²) in [5.41, 5.74) is -1.11. The van der Waals surface area contributed by atoms with Crippen LogP contribution in [0, 0.1) is 6.92 Å². The van der Waals surface area contributed by atoms with Crippen LogP contribution in [0.3, 0.4) is 0 Å². The van der Waals surface area contributed by atoms with Gasteiger partial charge in [0.2, 0.25) is 5.95 Å². The Balaban J connectivity index is 1.81. The summed E-state index contributed by atoms with van der Waals surface area (Å²) in [7, 11) is 0. The molecule has 0 radical (unpaired) electrons. The third kappa shape index (κ3) is 4.74. The molecule has 0 amide bonds. The van der Waals surface area contributed by atoms with Crippen molar-refractivity contribution in [1.82, 2.24) is 25.3 Å². The molecule has 0 aromatic carbocycles. The van der Waals surface area contributed by atoms with Gasteiger partial charge in [0.1, 0.15) is 17.1 Å². The fourth-order valence-electron chi connectivity index (χ4n) is 3.26. The average molecular weight is 396 g/mol. The minimum Gasteiger partial charge on any atom is -0.383 e. The molecule has 28 heavy (non-hydrogen) atoms. The second-order valence-corrected chi connectivity index (χ2v) is 7.13. The van der Waals surface area contributed by atoms with Gasteiger partial charge in [0, 0.05) is 23.9 Å².